The van der Waals surface area contributed by atoms with E-state index in [-0.39, 0.29) is 6.10 Å². The largest absolute Gasteiger partial charge is 0.376 e. The number of fused-ring (bicyclic) bond motifs is 1. The van der Waals surface area contributed by atoms with Gasteiger partial charge in [-0.25, -0.2) is 0 Å². The predicted molar refractivity (Wildman–Crippen MR) is 61.5 cm³/mol. The highest BCUT2D eigenvalue weighted by molar-refractivity contribution is 9.10. The van der Waals surface area contributed by atoms with Gasteiger partial charge in [0.05, 0.1) is 6.10 Å². The van der Waals surface area contributed by atoms with E-state index in [4.69, 9.17) is 4.74 Å². The Morgan fingerprint density at radius 1 is 1.43 bits per heavy atom. The summed E-state index contributed by atoms with van der Waals surface area (Å²) in [5, 5.41) is 0. The molecule has 14 heavy (non-hydrogen) atoms. The van der Waals surface area contributed by atoms with Gasteiger partial charge in [-0.15, -0.1) is 0 Å². The van der Waals surface area contributed by atoms with Gasteiger partial charge in [0.1, 0.15) is 0 Å². The van der Waals surface area contributed by atoms with Crippen molar-refractivity contribution in [2.45, 2.75) is 26.4 Å². The summed E-state index contributed by atoms with van der Waals surface area (Å²) in [5.74, 6) is 0.590. The lowest BCUT2D eigenvalue weighted by Gasteiger charge is -2.15. The number of aryl methyl sites for hydroxylation is 1. The molecule has 1 aromatic carbocycles. The maximum Gasteiger partial charge on any atom is 0.0863 e. The highest BCUT2D eigenvalue weighted by Crippen LogP contribution is 2.43. The summed E-state index contributed by atoms with van der Waals surface area (Å²) >= 11 is 3.61. The van der Waals surface area contributed by atoms with E-state index >= 15 is 0 Å². The number of ether oxygens (including phenoxy) is 1. The van der Waals surface area contributed by atoms with Gasteiger partial charge < -0.3 is 4.74 Å². The Bertz CT molecular complexity index is 360. The standard InChI is InChI=1S/C12H15BrO/c1-7-4-5-10(13)11-9(7)6-8(2)12(11)14-3/h4-5,8,12H,6H2,1-3H3/t8-,12?/m0/s1. The minimum Gasteiger partial charge on any atom is -0.376 e. The lowest BCUT2D eigenvalue weighted by atomic mass is 10.0. The van der Waals surface area contributed by atoms with Crippen molar-refractivity contribution in [3.8, 4) is 0 Å². The monoisotopic (exact) mass is 254 g/mol. The van der Waals surface area contributed by atoms with E-state index in [0.29, 0.717) is 5.92 Å². The van der Waals surface area contributed by atoms with Crippen molar-refractivity contribution in [2.24, 2.45) is 5.92 Å². The molecule has 1 aromatic rings. The van der Waals surface area contributed by atoms with E-state index in [0.717, 1.165) is 6.42 Å². The molecule has 1 aliphatic carbocycles. The number of benzene rings is 1. The molecular formula is C12H15BrO. The van der Waals surface area contributed by atoms with Gasteiger partial charge in [-0.05, 0) is 42.0 Å². The van der Waals surface area contributed by atoms with E-state index in [1.807, 2.05) is 0 Å². The van der Waals surface area contributed by atoms with E-state index in [1.165, 1.54) is 21.2 Å². The summed E-state index contributed by atoms with van der Waals surface area (Å²) in [6, 6.07) is 4.30. The highest BCUT2D eigenvalue weighted by Gasteiger charge is 2.31. The van der Waals surface area contributed by atoms with Gasteiger partial charge in [-0.3, -0.25) is 0 Å². The predicted octanol–water partition coefficient (Wildman–Crippen LogP) is 3.64. The lowest BCUT2D eigenvalue weighted by Crippen LogP contribution is -2.05. The highest BCUT2D eigenvalue weighted by atomic mass is 79.9. The first kappa shape index (κ1) is 10.2. The summed E-state index contributed by atoms with van der Waals surface area (Å²) in [7, 11) is 1.80. The second kappa shape index (κ2) is 3.67. The number of halogens is 1. The van der Waals surface area contributed by atoms with Crippen LogP contribution in [0.1, 0.15) is 29.7 Å². The molecule has 2 rings (SSSR count). The Labute approximate surface area is 93.6 Å². The van der Waals surface area contributed by atoms with Crippen LogP contribution in [-0.2, 0) is 11.2 Å². The zero-order valence-electron chi connectivity index (χ0n) is 8.80. The van der Waals surface area contributed by atoms with Crippen LogP contribution in [0.25, 0.3) is 0 Å². The van der Waals surface area contributed by atoms with Crippen molar-refractivity contribution in [1.29, 1.82) is 0 Å². The molecular weight excluding hydrogens is 240 g/mol. The van der Waals surface area contributed by atoms with Gasteiger partial charge in [-0.2, -0.15) is 0 Å². The number of methoxy groups -OCH3 is 1. The average molecular weight is 255 g/mol. The van der Waals surface area contributed by atoms with Crippen molar-refractivity contribution in [3.63, 3.8) is 0 Å². The van der Waals surface area contributed by atoms with Crippen LogP contribution in [0.3, 0.4) is 0 Å². The molecule has 0 spiro atoms. The van der Waals surface area contributed by atoms with Crippen molar-refractivity contribution in [3.05, 3.63) is 33.3 Å². The van der Waals surface area contributed by atoms with Gasteiger partial charge in [0, 0.05) is 11.6 Å². The quantitative estimate of drug-likeness (QED) is 0.744. The van der Waals surface area contributed by atoms with Crippen LogP contribution < -0.4 is 0 Å². The first-order valence-electron chi connectivity index (χ1n) is 4.95. The van der Waals surface area contributed by atoms with Crippen LogP contribution in [0.2, 0.25) is 0 Å². The average Bonchev–Trinajstić information content (AvgIpc) is 2.50. The molecule has 0 radical (unpaired) electrons. The lowest BCUT2D eigenvalue weighted by molar-refractivity contribution is 0.0690. The molecule has 1 nitrogen and oxygen atoms in total. The van der Waals surface area contributed by atoms with Crippen molar-refractivity contribution < 1.29 is 4.74 Å². The third kappa shape index (κ3) is 1.41. The fourth-order valence-corrected chi connectivity index (χ4v) is 2.98. The molecule has 0 N–H and O–H groups in total. The smallest absolute Gasteiger partial charge is 0.0863 e. The molecule has 0 fully saturated rings. The van der Waals surface area contributed by atoms with Crippen molar-refractivity contribution in [1.82, 2.24) is 0 Å². The first-order valence-corrected chi connectivity index (χ1v) is 5.75. The molecule has 0 amide bonds. The molecule has 2 atom stereocenters. The van der Waals surface area contributed by atoms with Gasteiger partial charge in [0.2, 0.25) is 0 Å². The number of hydrogen-bond donors (Lipinski definition) is 0. The van der Waals surface area contributed by atoms with E-state index in [9.17, 15) is 0 Å². The van der Waals surface area contributed by atoms with Crippen molar-refractivity contribution in [2.75, 3.05) is 7.11 Å². The van der Waals surface area contributed by atoms with Gasteiger partial charge in [0.15, 0.2) is 0 Å². The fraction of sp³-hybridized carbons (Fsp3) is 0.500. The molecule has 2 heteroatoms. The van der Waals surface area contributed by atoms with E-state index in [2.05, 4.69) is 41.9 Å². The number of rotatable bonds is 1. The van der Waals surface area contributed by atoms with E-state index < -0.39 is 0 Å². The second-order valence-electron chi connectivity index (χ2n) is 4.09. The Kier molecular flexibility index (Phi) is 2.67. The molecule has 1 unspecified atom stereocenters. The summed E-state index contributed by atoms with van der Waals surface area (Å²) in [4.78, 5) is 0. The third-order valence-corrected chi connectivity index (χ3v) is 3.81. The number of hydrogen-bond acceptors (Lipinski definition) is 1. The van der Waals surface area contributed by atoms with Crippen LogP contribution in [-0.4, -0.2) is 7.11 Å². The summed E-state index contributed by atoms with van der Waals surface area (Å²) in [6.07, 6.45) is 1.40. The Balaban J connectivity index is 2.57. The van der Waals surface area contributed by atoms with Crippen LogP contribution in [0, 0.1) is 12.8 Å². The normalized spacial score (nSPS) is 25.1. The summed E-state index contributed by atoms with van der Waals surface area (Å²) in [5.41, 5.74) is 4.22. The third-order valence-electron chi connectivity index (χ3n) is 3.12. The molecule has 1 aliphatic rings. The fourth-order valence-electron chi connectivity index (χ4n) is 2.39. The van der Waals surface area contributed by atoms with Crippen molar-refractivity contribution >= 4 is 15.9 Å². The van der Waals surface area contributed by atoms with E-state index in [1.54, 1.807) is 7.11 Å². The van der Waals surface area contributed by atoms with Crippen LogP contribution >= 0.6 is 15.9 Å². The zero-order chi connectivity index (χ0) is 10.3. The Hall–Kier alpha value is -0.340. The second-order valence-corrected chi connectivity index (χ2v) is 4.95. The Morgan fingerprint density at radius 2 is 2.14 bits per heavy atom. The zero-order valence-corrected chi connectivity index (χ0v) is 10.4. The molecule has 0 saturated heterocycles. The van der Waals surface area contributed by atoms with Crippen LogP contribution in [0.5, 0.6) is 0 Å². The maximum absolute atomic E-state index is 5.56. The van der Waals surface area contributed by atoms with Gasteiger partial charge >= 0.3 is 0 Å². The van der Waals surface area contributed by atoms with Gasteiger partial charge in [-0.1, -0.05) is 28.9 Å². The topological polar surface area (TPSA) is 9.23 Å². The molecule has 0 heterocycles. The van der Waals surface area contributed by atoms with Crippen LogP contribution in [0.4, 0.5) is 0 Å². The minimum absolute atomic E-state index is 0.263. The summed E-state index contributed by atoms with van der Waals surface area (Å²) in [6.45, 7) is 4.43. The maximum atomic E-state index is 5.56. The summed E-state index contributed by atoms with van der Waals surface area (Å²) < 4.78 is 6.74. The van der Waals surface area contributed by atoms with Crippen LogP contribution in [0.15, 0.2) is 16.6 Å². The molecule has 0 bridgehead atoms. The first-order chi connectivity index (χ1) is 6.65. The minimum atomic E-state index is 0.263. The molecule has 0 aliphatic heterocycles. The van der Waals surface area contributed by atoms with Gasteiger partial charge in [0.25, 0.3) is 0 Å². The molecule has 0 saturated carbocycles. The Morgan fingerprint density at radius 3 is 2.79 bits per heavy atom. The molecule has 76 valence electrons. The molecule has 0 aromatic heterocycles. The SMILES string of the molecule is COC1c2c(Br)ccc(C)c2C[C@@H]1C.